The van der Waals surface area contributed by atoms with Crippen LogP contribution in [0.5, 0.6) is 0 Å². The number of aliphatic carboxylic acids is 1. The minimum absolute atomic E-state index is 0.641. The quantitative estimate of drug-likeness (QED) is 0.775. The van der Waals surface area contributed by atoms with Crippen molar-refractivity contribution in [3.63, 3.8) is 0 Å². The Balaban J connectivity index is 2.34. The molecule has 1 rings (SSSR count). The lowest BCUT2D eigenvalue weighted by molar-refractivity contribution is -0.148. The van der Waals surface area contributed by atoms with Crippen molar-refractivity contribution in [3.8, 4) is 0 Å². The van der Waals surface area contributed by atoms with Gasteiger partial charge in [-0.3, -0.25) is 4.79 Å². The molecule has 1 saturated heterocycles. The molecule has 4 heteroatoms. The SMILES string of the molecule is COCC1CCN(CC(C)(C)C(=O)O)CC1. The van der Waals surface area contributed by atoms with Gasteiger partial charge in [0.2, 0.25) is 0 Å². The summed E-state index contributed by atoms with van der Waals surface area (Å²) in [4.78, 5) is 13.3. The largest absolute Gasteiger partial charge is 0.481 e. The molecule has 1 N–H and O–H groups in total. The molecule has 0 unspecified atom stereocenters. The smallest absolute Gasteiger partial charge is 0.310 e. The number of carboxylic acid groups (broad SMARTS) is 1. The number of piperidine rings is 1. The Morgan fingerprint density at radius 3 is 2.44 bits per heavy atom. The maximum atomic E-state index is 11.0. The van der Waals surface area contributed by atoms with Crippen molar-refractivity contribution in [1.29, 1.82) is 0 Å². The van der Waals surface area contributed by atoms with Gasteiger partial charge in [-0.15, -0.1) is 0 Å². The second-order valence-corrected chi connectivity index (χ2v) is 5.36. The summed E-state index contributed by atoms with van der Waals surface area (Å²) in [6.45, 7) is 7.03. The van der Waals surface area contributed by atoms with Crippen molar-refractivity contribution in [2.45, 2.75) is 26.7 Å². The number of likely N-dealkylation sites (tertiary alicyclic amines) is 1. The highest BCUT2D eigenvalue weighted by molar-refractivity contribution is 5.73. The monoisotopic (exact) mass is 229 g/mol. The highest BCUT2D eigenvalue weighted by atomic mass is 16.5. The second-order valence-electron chi connectivity index (χ2n) is 5.36. The molecule has 1 aliphatic rings. The summed E-state index contributed by atoms with van der Waals surface area (Å²) in [6, 6.07) is 0. The zero-order valence-electron chi connectivity index (χ0n) is 10.5. The summed E-state index contributed by atoms with van der Waals surface area (Å²) >= 11 is 0. The number of methoxy groups -OCH3 is 1. The van der Waals surface area contributed by atoms with Crippen LogP contribution in [0.25, 0.3) is 0 Å². The Labute approximate surface area is 97.6 Å². The minimum atomic E-state index is -0.716. The van der Waals surface area contributed by atoms with E-state index in [4.69, 9.17) is 9.84 Å². The van der Waals surface area contributed by atoms with Crippen molar-refractivity contribution < 1.29 is 14.6 Å². The Hall–Kier alpha value is -0.610. The van der Waals surface area contributed by atoms with Gasteiger partial charge < -0.3 is 14.7 Å². The van der Waals surface area contributed by atoms with E-state index in [2.05, 4.69) is 4.90 Å². The molecule has 1 aliphatic heterocycles. The van der Waals surface area contributed by atoms with Gasteiger partial charge >= 0.3 is 5.97 Å². The van der Waals surface area contributed by atoms with Gasteiger partial charge in [0.15, 0.2) is 0 Å². The number of hydrogen-bond acceptors (Lipinski definition) is 3. The van der Waals surface area contributed by atoms with Gasteiger partial charge in [0, 0.05) is 20.3 Å². The van der Waals surface area contributed by atoms with Crippen molar-refractivity contribution in [3.05, 3.63) is 0 Å². The molecule has 0 amide bonds. The standard InChI is InChI=1S/C12H23NO3/c1-12(2,11(14)15)9-13-6-4-10(5-7-13)8-16-3/h10H,4-9H2,1-3H3,(H,14,15). The number of carboxylic acids is 1. The first-order valence-corrected chi connectivity index (χ1v) is 5.90. The average molecular weight is 229 g/mol. The zero-order chi connectivity index (χ0) is 12.2. The molecule has 0 radical (unpaired) electrons. The molecule has 0 aromatic rings. The fourth-order valence-electron chi connectivity index (χ4n) is 2.17. The molecule has 0 spiro atoms. The second kappa shape index (κ2) is 5.64. The lowest BCUT2D eigenvalue weighted by Gasteiger charge is -2.35. The van der Waals surface area contributed by atoms with Crippen LogP contribution >= 0.6 is 0 Å². The van der Waals surface area contributed by atoms with Gasteiger partial charge in [0.1, 0.15) is 0 Å². The zero-order valence-corrected chi connectivity index (χ0v) is 10.5. The van der Waals surface area contributed by atoms with Crippen molar-refractivity contribution >= 4 is 5.97 Å². The van der Waals surface area contributed by atoms with E-state index < -0.39 is 11.4 Å². The molecule has 4 nitrogen and oxygen atoms in total. The van der Waals surface area contributed by atoms with E-state index in [1.165, 1.54) is 0 Å². The molecular formula is C12H23NO3. The normalized spacial score (nSPS) is 19.9. The highest BCUT2D eigenvalue weighted by Gasteiger charge is 2.31. The Kier molecular flexibility index (Phi) is 4.74. The van der Waals surface area contributed by atoms with Crippen LogP contribution < -0.4 is 0 Å². The van der Waals surface area contributed by atoms with E-state index in [-0.39, 0.29) is 0 Å². The van der Waals surface area contributed by atoms with Crippen LogP contribution in [-0.2, 0) is 9.53 Å². The number of carbonyl (C=O) groups is 1. The molecule has 0 saturated carbocycles. The number of nitrogens with zero attached hydrogens (tertiary/aromatic N) is 1. The predicted molar refractivity (Wildman–Crippen MR) is 62.5 cm³/mol. The third kappa shape index (κ3) is 3.76. The topological polar surface area (TPSA) is 49.8 Å². The molecule has 0 atom stereocenters. The van der Waals surface area contributed by atoms with Crippen LogP contribution in [0.1, 0.15) is 26.7 Å². The molecule has 0 aromatic heterocycles. The molecule has 1 heterocycles. The van der Waals surface area contributed by atoms with E-state index in [1.807, 2.05) is 0 Å². The molecule has 1 fully saturated rings. The van der Waals surface area contributed by atoms with Crippen molar-refractivity contribution in [2.75, 3.05) is 33.4 Å². The van der Waals surface area contributed by atoms with Crippen LogP contribution in [0.3, 0.4) is 0 Å². The first-order valence-electron chi connectivity index (χ1n) is 5.90. The summed E-state index contributed by atoms with van der Waals surface area (Å²) in [5, 5.41) is 9.06. The maximum Gasteiger partial charge on any atom is 0.310 e. The van der Waals surface area contributed by atoms with Crippen LogP contribution in [0.15, 0.2) is 0 Å². The van der Waals surface area contributed by atoms with E-state index >= 15 is 0 Å². The molecular weight excluding hydrogens is 206 g/mol. The lowest BCUT2D eigenvalue weighted by atomic mass is 9.90. The van der Waals surface area contributed by atoms with Gasteiger partial charge in [-0.1, -0.05) is 0 Å². The molecule has 0 aromatic carbocycles. The summed E-state index contributed by atoms with van der Waals surface area (Å²) < 4.78 is 5.14. The number of ether oxygens (including phenoxy) is 1. The van der Waals surface area contributed by atoms with Gasteiger partial charge in [0.25, 0.3) is 0 Å². The van der Waals surface area contributed by atoms with E-state index in [0.29, 0.717) is 12.5 Å². The van der Waals surface area contributed by atoms with Crippen LogP contribution in [0.2, 0.25) is 0 Å². The molecule has 16 heavy (non-hydrogen) atoms. The van der Waals surface area contributed by atoms with Crippen LogP contribution in [-0.4, -0.2) is 49.3 Å². The van der Waals surface area contributed by atoms with Crippen molar-refractivity contribution in [1.82, 2.24) is 4.90 Å². The van der Waals surface area contributed by atoms with Gasteiger partial charge in [-0.25, -0.2) is 0 Å². The lowest BCUT2D eigenvalue weighted by Crippen LogP contribution is -2.43. The summed E-state index contributed by atoms with van der Waals surface area (Å²) in [5.41, 5.74) is -0.645. The maximum absolute atomic E-state index is 11.0. The predicted octanol–water partition coefficient (Wildman–Crippen LogP) is 1.46. The van der Waals surface area contributed by atoms with E-state index in [1.54, 1.807) is 21.0 Å². The van der Waals surface area contributed by atoms with Gasteiger partial charge in [-0.05, 0) is 45.7 Å². The van der Waals surface area contributed by atoms with Crippen molar-refractivity contribution in [2.24, 2.45) is 11.3 Å². The Morgan fingerprint density at radius 1 is 1.44 bits per heavy atom. The number of hydrogen-bond donors (Lipinski definition) is 1. The van der Waals surface area contributed by atoms with Gasteiger partial charge in [0.05, 0.1) is 5.41 Å². The fraction of sp³-hybridized carbons (Fsp3) is 0.917. The first-order chi connectivity index (χ1) is 7.45. The molecule has 0 aliphatic carbocycles. The molecule has 0 bridgehead atoms. The average Bonchev–Trinajstić information content (AvgIpc) is 2.21. The minimum Gasteiger partial charge on any atom is -0.481 e. The summed E-state index contributed by atoms with van der Waals surface area (Å²) in [7, 11) is 1.74. The van der Waals surface area contributed by atoms with E-state index in [0.717, 1.165) is 32.5 Å². The third-order valence-electron chi connectivity index (χ3n) is 3.31. The fourth-order valence-corrected chi connectivity index (χ4v) is 2.17. The first kappa shape index (κ1) is 13.5. The Morgan fingerprint density at radius 2 is 2.00 bits per heavy atom. The third-order valence-corrected chi connectivity index (χ3v) is 3.31. The molecule has 94 valence electrons. The summed E-state index contributed by atoms with van der Waals surface area (Å²) in [6.07, 6.45) is 2.23. The Bertz CT molecular complexity index is 232. The van der Waals surface area contributed by atoms with E-state index in [9.17, 15) is 4.79 Å². The van der Waals surface area contributed by atoms with Gasteiger partial charge in [-0.2, -0.15) is 0 Å². The van der Waals surface area contributed by atoms with Crippen LogP contribution in [0, 0.1) is 11.3 Å². The highest BCUT2D eigenvalue weighted by Crippen LogP contribution is 2.22. The number of rotatable bonds is 5. The van der Waals surface area contributed by atoms with Crippen LogP contribution in [0.4, 0.5) is 0 Å². The summed E-state index contributed by atoms with van der Waals surface area (Å²) in [5.74, 6) is -0.0688.